The second-order valence-corrected chi connectivity index (χ2v) is 8.21. The largest absolute Gasteiger partial charge is 0.494 e. The van der Waals surface area contributed by atoms with E-state index in [4.69, 9.17) is 9.47 Å². The first kappa shape index (κ1) is 22.8. The van der Waals surface area contributed by atoms with Crippen molar-refractivity contribution in [1.29, 1.82) is 0 Å². The molecular weight excluding hydrogens is 388 g/mol. The maximum absolute atomic E-state index is 12.4. The molecule has 3 rings (SSSR count). The van der Waals surface area contributed by atoms with Gasteiger partial charge in [-0.05, 0) is 78.8 Å². The third-order valence-electron chi connectivity index (χ3n) is 5.66. The van der Waals surface area contributed by atoms with Crippen LogP contribution in [-0.4, -0.2) is 18.4 Å². The molecule has 1 aliphatic carbocycles. The molecule has 2 aromatic rings. The number of ketones is 1. The number of rotatable bonds is 9. The molecule has 1 fully saturated rings. The first-order chi connectivity index (χ1) is 15.1. The van der Waals surface area contributed by atoms with Crippen LogP contribution in [0.1, 0.15) is 74.7 Å². The van der Waals surface area contributed by atoms with Gasteiger partial charge in [0.1, 0.15) is 11.5 Å². The van der Waals surface area contributed by atoms with E-state index in [-0.39, 0.29) is 5.78 Å². The molecule has 1 atom stereocenters. The third-order valence-corrected chi connectivity index (χ3v) is 5.66. The van der Waals surface area contributed by atoms with Crippen LogP contribution < -0.4 is 9.47 Å². The number of carbonyl (C=O) groups excluding carboxylic acids is 2. The van der Waals surface area contributed by atoms with Gasteiger partial charge in [0.25, 0.3) is 0 Å². The van der Waals surface area contributed by atoms with Crippen LogP contribution in [0, 0.1) is 5.92 Å². The molecule has 0 heterocycles. The summed E-state index contributed by atoms with van der Waals surface area (Å²) in [5.41, 5.74) is 2.31. The Hall–Kier alpha value is -2.88. The number of Topliss-reactive ketones (excluding diaryl/α,β-unsaturated/α-hetero) is 1. The maximum atomic E-state index is 12.4. The third kappa shape index (κ3) is 6.81. The molecule has 4 heteroatoms. The average Bonchev–Trinajstić information content (AvgIpc) is 2.78. The highest BCUT2D eigenvalue weighted by molar-refractivity contribution is 6.00. The number of hydrogen-bond acceptors (Lipinski definition) is 4. The molecule has 164 valence electrons. The molecule has 0 saturated heterocycles. The fourth-order valence-corrected chi connectivity index (χ4v) is 3.75. The molecule has 0 N–H and O–H groups in total. The monoisotopic (exact) mass is 420 g/mol. The van der Waals surface area contributed by atoms with Crippen molar-refractivity contribution in [2.45, 2.75) is 58.8 Å². The number of esters is 1. The summed E-state index contributed by atoms with van der Waals surface area (Å²) in [6, 6.07) is 14.3. The summed E-state index contributed by atoms with van der Waals surface area (Å²) in [6.45, 7) is 4.98. The zero-order valence-electron chi connectivity index (χ0n) is 18.6. The van der Waals surface area contributed by atoms with Crippen LogP contribution in [0.4, 0.5) is 0 Å². The predicted molar refractivity (Wildman–Crippen MR) is 123 cm³/mol. The highest BCUT2D eigenvalue weighted by Crippen LogP contribution is 2.28. The molecule has 2 aromatic carbocycles. The quantitative estimate of drug-likeness (QED) is 0.197. The molecule has 0 aromatic heterocycles. The van der Waals surface area contributed by atoms with Crippen molar-refractivity contribution < 1.29 is 19.1 Å². The SMILES string of the molecule is CCCCCCOc1ccc(C(=O)Oc2ccc(/C=C3\C(=O)CCCC3C)cc2)cc1. The fourth-order valence-electron chi connectivity index (χ4n) is 3.75. The Labute approximate surface area is 185 Å². The lowest BCUT2D eigenvalue weighted by Gasteiger charge is -2.20. The molecule has 31 heavy (non-hydrogen) atoms. The minimum absolute atomic E-state index is 0.239. The smallest absolute Gasteiger partial charge is 0.343 e. The predicted octanol–water partition coefficient (Wildman–Crippen LogP) is 6.64. The van der Waals surface area contributed by atoms with Gasteiger partial charge in [-0.3, -0.25) is 4.79 Å². The fraction of sp³-hybridized carbons (Fsp3) is 0.407. The first-order valence-electron chi connectivity index (χ1n) is 11.4. The van der Waals surface area contributed by atoms with E-state index in [0.717, 1.165) is 36.1 Å². The van der Waals surface area contributed by atoms with Gasteiger partial charge in [-0.2, -0.15) is 0 Å². The van der Waals surface area contributed by atoms with Crippen molar-refractivity contribution >= 4 is 17.8 Å². The van der Waals surface area contributed by atoms with Gasteiger partial charge in [0.05, 0.1) is 12.2 Å². The second kappa shape index (κ2) is 11.5. The van der Waals surface area contributed by atoms with Crippen LogP contribution in [0.15, 0.2) is 54.1 Å². The Morgan fingerprint density at radius 2 is 1.71 bits per heavy atom. The van der Waals surface area contributed by atoms with Gasteiger partial charge >= 0.3 is 5.97 Å². The van der Waals surface area contributed by atoms with Crippen molar-refractivity contribution in [3.63, 3.8) is 0 Å². The number of benzene rings is 2. The Bertz CT molecular complexity index is 894. The lowest BCUT2D eigenvalue weighted by atomic mass is 9.83. The van der Waals surface area contributed by atoms with E-state index in [1.54, 1.807) is 36.4 Å². The Morgan fingerprint density at radius 3 is 2.39 bits per heavy atom. The van der Waals surface area contributed by atoms with Gasteiger partial charge in [0, 0.05) is 6.42 Å². The molecule has 0 aliphatic heterocycles. The van der Waals surface area contributed by atoms with Gasteiger partial charge in [0.2, 0.25) is 0 Å². The van der Waals surface area contributed by atoms with Crippen LogP contribution in [0.25, 0.3) is 6.08 Å². The van der Waals surface area contributed by atoms with E-state index >= 15 is 0 Å². The Balaban J connectivity index is 1.54. The highest BCUT2D eigenvalue weighted by Gasteiger charge is 2.21. The summed E-state index contributed by atoms with van der Waals surface area (Å²) >= 11 is 0. The van der Waals surface area contributed by atoms with E-state index < -0.39 is 5.97 Å². The van der Waals surface area contributed by atoms with Gasteiger partial charge in [-0.1, -0.05) is 45.2 Å². The van der Waals surface area contributed by atoms with Crippen molar-refractivity contribution in [3.8, 4) is 11.5 Å². The maximum Gasteiger partial charge on any atom is 0.343 e. The minimum atomic E-state index is -0.406. The van der Waals surface area contributed by atoms with E-state index in [1.807, 2.05) is 18.2 Å². The van der Waals surface area contributed by atoms with Gasteiger partial charge < -0.3 is 9.47 Å². The highest BCUT2D eigenvalue weighted by atomic mass is 16.5. The number of allylic oxidation sites excluding steroid dienone is 1. The number of hydrogen-bond donors (Lipinski definition) is 0. The van der Waals surface area contributed by atoms with Crippen molar-refractivity contribution in [1.82, 2.24) is 0 Å². The number of unbranched alkanes of at least 4 members (excludes halogenated alkanes) is 3. The molecule has 0 bridgehead atoms. The van der Waals surface area contributed by atoms with Crippen molar-refractivity contribution in [2.75, 3.05) is 6.61 Å². The van der Waals surface area contributed by atoms with Crippen LogP contribution in [0.2, 0.25) is 0 Å². The van der Waals surface area contributed by atoms with Gasteiger partial charge in [-0.25, -0.2) is 4.79 Å². The summed E-state index contributed by atoms with van der Waals surface area (Å²) in [5, 5.41) is 0. The second-order valence-electron chi connectivity index (χ2n) is 8.21. The zero-order valence-corrected chi connectivity index (χ0v) is 18.6. The topological polar surface area (TPSA) is 52.6 Å². The van der Waals surface area contributed by atoms with Crippen LogP contribution in [0.5, 0.6) is 11.5 Å². The number of ether oxygens (including phenoxy) is 2. The number of carbonyl (C=O) groups is 2. The van der Waals surface area contributed by atoms with Crippen molar-refractivity contribution in [3.05, 3.63) is 65.2 Å². The molecule has 0 spiro atoms. The summed E-state index contributed by atoms with van der Waals surface area (Å²) in [6.07, 6.45) is 9.25. The van der Waals surface area contributed by atoms with Crippen molar-refractivity contribution in [2.24, 2.45) is 5.92 Å². The van der Waals surface area contributed by atoms with E-state index in [2.05, 4.69) is 13.8 Å². The molecule has 1 aliphatic rings. The lowest BCUT2D eigenvalue weighted by Crippen LogP contribution is -2.16. The normalized spacial score (nSPS) is 17.5. The zero-order chi connectivity index (χ0) is 22.1. The van der Waals surface area contributed by atoms with Crippen LogP contribution in [0.3, 0.4) is 0 Å². The summed E-state index contributed by atoms with van der Waals surface area (Å²) in [4.78, 5) is 24.6. The Morgan fingerprint density at radius 1 is 1.00 bits per heavy atom. The standard InChI is InChI=1S/C27H32O4/c1-3-4-5-6-18-30-23-16-12-22(13-17-23)27(29)31-24-14-10-21(11-15-24)19-25-20(2)8-7-9-26(25)28/h10-17,19-20H,3-9,18H2,1-2H3/b25-19-. The molecule has 0 radical (unpaired) electrons. The first-order valence-corrected chi connectivity index (χ1v) is 11.4. The summed E-state index contributed by atoms with van der Waals surface area (Å²) < 4.78 is 11.2. The molecule has 1 unspecified atom stereocenters. The van der Waals surface area contributed by atoms with Crippen LogP contribution in [-0.2, 0) is 4.79 Å². The summed E-state index contributed by atoms with van der Waals surface area (Å²) in [7, 11) is 0. The minimum Gasteiger partial charge on any atom is -0.494 e. The lowest BCUT2D eigenvalue weighted by molar-refractivity contribution is -0.116. The van der Waals surface area contributed by atoms with Gasteiger partial charge in [0.15, 0.2) is 5.78 Å². The van der Waals surface area contributed by atoms with Gasteiger partial charge in [-0.15, -0.1) is 0 Å². The van der Waals surface area contributed by atoms with E-state index in [9.17, 15) is 9.59 Å². The van der Waals surface area contributed by atoms with E-state index in [0.29, 0.717) is 30.3 Å². The molecule has 4 nitrogen and oxygen atoms in total. The molecular formula is C27H32O4. The van der Waals surface area contributed by atoms with E-state index in [1.165, 1.54) is 19.3 Å². The molecule has 1 saturated carbocycles. The van der Waals surface area contributed by atoms with Crippen LogP contribution >= 0.6 is 0 Å². The molecule has 0 amide bonds. The summed E-state index contributed by atoms with van der Waals surface area (Å²) in [5.74, 6) is 1.37. The Kier molecular flexibility index (Phi) is 8.45. The average molecular weight is 421 g/mol.